The Hall–Kier alpha value is -0.850. The Bertz CT molecular complexity index is 340. The van der Waals surface area contributed by atoms with E-state index in [2.05, 4.69) is 46.3 Å². The summed E-state index contributed by atoms with van der Waals surface area (Å²) in [6, 6.07) is 0. The van der Waals surface area contributed by atoms with Crippen molar-refractivity contribution in [1.82, 2.24) is 20.4 Å². The fraction of sp³-hybridized carbons (Fsp3) is 0.941. The highest BCUT2D eigenvalue weighted by Crippen LogP contribution is 2.19. The lowest BCUT2D eigenvalue weighted by molar-refractivity contribution is 0.0982. The minimum atomic E-state index is 0.160. The normalized spacial score (nSPS) is 17.6. The van der Waals surface area contributed by atoms with Crippen molar-refractivity contribution in [3.63, 3.8) is 0 Å². The highest BCUT2D eigenvalue weighted by molar-refractivity contribution is 5.79. The number of likely N-dealkylation sites (tertiary alicyclic amines) is 1. The van der Waals surface area contributed by atoms with Gasteiger partial charge >= 0.3 is 0 Å². The van der Waals surface area contributed by atoms with Crippen molar-refractivity contribution < 1.29 is 4.74 Å². The number of ether oxygens (including phenoxy) is 1. The SMILES string of the molecule is CN=C(NCCN(C)CCOC)NCC(C)(C)N1CCCCC1. The van der Waals surface area contributed by atoms with Crippen LogP contribution in [0.1, 0.15) is 33.1 Å². The summed E-state index contributed by atoms with van der Waals surface area (Å²) in [4.78, 5) is 9.17. The van der Waals surface area contributed by atoms with Crippen LogP contribution in [0.15, 0.2) is 4.99 Å². The second kappa shape index (κ2) is 10.8. The number of aliphatic imine (C=N–C) groups is 1. The van der Waals surface area contributed by atoms with Crippen LogP contribution in [0, 0.1) is 0 Å². The van der Waals surface area contributed by atoms with Gasteiger partial charge in [-0.1, -0.05) is 6.42 Å². The van der Waals surface area contributed by atoms with Crippen LogP contribution in [0.2, 0.25) is 0 Å². The molecule has 0 spiro atoms. The molecule has 0 aliphatic carbocycles. The summed E-state index contributed by atoms with van der Waals surface area (Å²) in [5.74, 6) is 0.884. The lowest BCUT2D eigenvalue weighted by Gasteiger charge is -2.41. The maximum absolute atomic E-state index is 5.09. The summed E-state index contributed by atoms with van der Waals surface area (Å²) in [6.07, 6.45) is 4.02. The van der Waals surface area contributed by atoms with E-state index in [-0.39, 0.29) is 5.54 Å². The molecular weight excluding hydrogens is 290 g/mol. The Labute approximate surface area is 142 Å². The first-order chi connectivity index (χ1) is 11.0. The van der Waals surface area contributed by atoms with E-state index < -0.39 is 0 Å². The highest BCUT2D eigenvalue weighted by atomic mass is 16.5. The fourth-order valence-electron chi connectivity index (χ4n) is 2.86. The molecule has 1 fully saturated rings. The molecule has 1 heterocycles. The molecular formula is C17H37N5O. The number of hydrogen-bond donors (Lipinski definition) is 2. The molecule has 2 N–H and O–H groups in total. The van der Waals surface area contributed by atoms with Crippen molar-refractivity contribution in [3.05, 3.63) is 0 Å². The molecule has 0 aromatic carbocycles. The quantitative estimate of drug-likeness (QED) is 0.489. The summed E-state index contributed by atoms with van der Waals surface area (Å²) < 4.78 is 5.09. The molecule has 0 saturated carbocycles. The number of piperidine rings is 1. The Morgan fingerprint density at radius 2 is 1.87 bits per heavy atom. The molecule has 1 saturated heterocycles. The maximum atomic E-state index is 5.09. The Morgan fingerprint density at radius 3 is 2.48 bits per heavy atom. The molecule has 1 aliphatic heterocycles. The smallest absolute Gasteiger partial charge is 0.191 e. The van der Waals surface area contributed by atoms with Crippen LogP contribution >= 0.6 is 0 Å². The molecule has 6 nitrogen and oxygen atoms in total. The van der Waals surface area contributed by atoms with Gasteiger partial charge in [-0.05, 0) is 46.8 Å². The van der Waals surface area contributed by atoms with E-state index in [1.807, 2.05) is 7.05 Å². The van der Waals surface area contributed by atoms with Crippen LogP contribution < -0.4 is 10.6 Å². The van der Waals surface area contributed by atoms with Crippen LogP contribution in [0.4, 0.5) is 0 Å². The van der Waals surface area contributed by atoms with Crippen LogP contribution in [0.25, 0.3) is 0 Å². The van der Waals surface area contributed by atoms with Crippen molar-refractivity contribution in [3.8, 4) is 0 Å². The minimum Gasteiger partial charge on any atom is -0.383 e. The number of rotatable bonds is 9. The van der Waals surface area contributed by atoms with Gasteiger partial charge in [0.2, 0.25) is 0 Å². The van der Waals surface area contributed by atoms with E-state index in [4.69, 9.17) is 4.74 Å². The molecule has 6 heteroatoms. The van der Waals surface area contributed by atoms with Crippen molar-refractivity contribution >= 4 is 5.96 Å². The molecule has 0 aromatic heterocycles. The fourth-order valence-corrected chi connectivity index (χ4v) is 2.86. The van der Waals surface area contributed by atoms with Crippen LogP contribution in [-0.4, -0.2) is 88.4 Å². The summed E-state index contributed by atoms with van der Waals surface area (Å²) in [6.45, 7) is 11.5. The summed E-state index contributed by atoms with van der Waals surface area (Å²) in [7, 11) is 5.68. The molecule has 0 radical (unpaired) electrons. The predicted molar refractivity (Wildman–Crippen MR) is 98.2 cm³/mol. The molecule has 0 aromatic rings. The first kappa shape index (κ1) is 20.2. The van der Waals surface area contributed by atoms with Gasteiger partial charge < -0.3 is 20.3 Å². The summed E-state index contributed by atoms with van der Waals surface area (Å²) in [5, 5.41) is 6.87. The van der Waals surface area contributed by atoms with Gasteiger partial charge in [-0.15, -0.1) is 0 Å². The molecule has 0 bridgehead atoms. The molecule has 136 valence electrons. The number of guanidine groups is 1. The average molecular weight is 328 g/mol. The van der Waals surface area contributed by atoms with Gasteiger partial charge in [0, 0.05) is 45.9 Å². The van der Waals surface area contributed by atoms with Crippen molar-refractivity contribution in [1.29, 1.82) is 0 Å². The second-order valence-electron chi connectivity index (χ2n) is 7.01. The number of nitrogens with one attached hydrogen (secondary N) is 2. The molecule has 1 aliphatic rings. The lowest BCUT2D eigenvalue weighted by atomic mass is 9.98. The van der Waals surface area contributed by atoms with Gasteiger partial charge in [0.15, 0.2) is 5.96 Å². The standard InChI is InChI=1S/C17H37N5O/c1-17(2,22-10-7-6-8-11-22)15-20-16(18-3)19-9-12-21(4)13-14-23-5/h6-15H2,1-5H3,(H2,18,19,20). The van der Waals surface area contributed by atoms with Gasteiger partial charge in [0.1, 0.15) is 0 Å². The Kier molecular flexibility index (Phi) is 9.52. The van der Waals surface area contributed by atoms with E-state index in [1.54, 1.807) is 7.11 Å². The van der Waals surface area contributed by atoms with Gasteiger partial charge in [0.05, 0.1) is 6.61 Å². The number of hydrogen-bond acceptors (Lipinski definition) is 4. The average Bonchev–Trinajstić information content (AvgIpc) is 2.56. The first-order valence-corrected chi connectivity index (χ1v) is 8.86. The van der Waals surface area contributed by atoms with Gasteiger partial charge in [-0.2, -0.15) is 0 Å². The maximum Gasteiger partial charge on any atom is 0.191 e. The third kappa shape index (κ3) is 7.99. The lowest BCUT2D eigenvalue weighted by Crippen LogP contribution is -2.55. The van der Waals surface area contributed by atoms with E-state index >= 15 is 0 Å². The van der Waals surface area contributed by atoms with Gasteiger partial charge in [0.25, 0.3) is 0 Å². The van der Waals surface area contributed by atoms with Crippen LogP contribution in [-0.2, 0) is 4.74 Å². The van der Waals surface area contributed by atoms with E-state index in [0.717, 1.165) is 38.7 Å². The predicted octanol–water partition coefficient (Wildman–Crippen LogP) is 0.994. The molecule has 0 atom stereocenters. The number of likely N-dealkylation sites (N-methyl/N-ethyl adjacent to an activating group) is 1. The van der Waals surface area contributed by atoms with Gasteiger partial charge in [-0.3, -0.25) is 9.89 Å². The van der Waals surface area contributed by atoms with Crippen LogP contribution in [0.3, 0.4) is 0 Å². The zero-order chi connectivity index (χ0) is 17.1. The van der Waals surface area contributed by atoms with Crippen molar-refractivity contribution in [2.24, 2.45) is 4.99 Å². The van der Waals surface area contributed by atoms with Gasteiger partial charge in [-0.25, -0.2) is 0 Å². The Morgan fingerprint density at radius 1 is 1.17 bits per heavy atom. The molecule has 0 amide bonds. The molecule has 1 rings (SSSR count). The summed E-state index contributed by atoms with van der Waals surface area (Å²) in [5.41, 5.74) is 0.160. The topological polar surface area (TPSA) is 52.1 Å². The Balaban J connectivity index is 2.27. The van der Waals surface area contributed by atoms with Crippen molar-refractivity contribution in [2.45, 2.75) is 38.6 Å². The molecule has 0 unspecified atom stereocenters. The van der Waals surface area contributed by atoms with Crippen LogP contribution in [0.5, 0.6) is 0 Å². The second-order valence-corrected chi connectivity index (χ2v) is 7.01. The van der Waals surface area contributed by atoms with E-state index in [0.29, 0.717) is 0 Å². The third-order valence-corrected chi connectivity index (χ3v) is 4.59. The number of nitrogens with zero attached hydrogens (tertiary/aromatic N) is 3. The number of methoxy groups -OCH3 is 1. The van der Waals surface area contributed by atoms with E-state index in [9.17, 15) is 0 Å². The van der Waals surface area contributed by atoms with Crippen molar-refractivity contribution in [2.75, 3.05) is 67.1 Å². The van der Waals surface area contributed by atoms with E-state index in [1.165, 1.54) is 32.4 Å². The highest BCUT2D eigenvalue weighted by Gasteiger charge is 2.27. The zero-order valence-electron chi connectivity index (χ0n) is 15.8. The summed E-state index contributed by atoms with van der Waals surface area (Å²) >= 11 is 0. The first-order valence-electron chi connectivity index (χ1n) is 8.86. The largest absolute Gasteiger partial charge is 0.383 e. The molecule has 23 heavy (non-hydrogen) atoms. The minimum absolute atomic E-state index is 0.160. The monoisotopic (exact) mass is 327 g/mol. The third-order valence-electron chi connectivity index (χ3n) is 4.59. The zero-order valence-corrected chi connectivity index (χ0v) is 15.8.